The molecule has 0 saturated heterocycles. The van der Waals surface area contributed by atoms with E-state index in [-0.39, 0.29) is 22.4 Å². The molecule has 0 saturated carbocycles. The average molecular weight is 396 g/mol. The van der Waals surface area contributed by atoms with Crippen molar-refractivity contribution < 1.29 is 19.1 Å². The summed E-state index contributed by atoms with van der Waals surface area (Å²) in [5, 5.41) is 0.484. The van der Waals surface area contributed by atoms with Crippen LogP contribution in [0.3, 0.4) is 0 Å². The number of carbonyl (C=O) groups excluding carboxylic acids is 2. The van der Waals surface area contributed by atoms with Gasteiger partial charge in [0.25, 0.3) is 0 Å². The zero-order chi connectivity index (χ0) is 18.5. The van der Waals surface area contributed by atoms with Crippen molar-refractivity contribution in [2.45, 2.75) is 40.5 Å². The van der Waals surface area contributed by atoms with Crippen molar-refractivity contribution in [3.63, 3.8) is 0 Å². The molecule has 0 atom stereocenters. The van der Waals surface area contributed by atoms with Crippen LogP contribution in [0.25, 0.3) is 0 Å². The third-order valence-electron chi connectivity index (χ3n) is 3.34. The normalized spacial score (nSPS) is 11.5. The van der Waals surface area contributed by atoms with Crippen LogP contribution in [-0.2, 0) is 14.3 Å². The Labute approximate surface area is 157 Å². The zero-order valence-corrected chi connectivity index (χ0v) is 16.4. The molecule has 7 heteroatoms. The maximum Gasteiger partial charge on any atom is 0.328 e. The lowest BCUT2D eigenvalue weighted by molar-refractivity contribution is -0.164. The van der Waals surface area contributed by atoms with Gasteiger partial charge in [0.15, 0.2) is 11.2 Å². The SMILES string of the molecule is CC(C)CCCOC(=O)C(C)(C)C(=O)Oc1c(Cl)cc(Cl)cc1Cl. The molecular formula is C17H21Cl3O4. The average Bonchev–Trinajstić information content (AvgIpc) is 2.46. The van der Waals surface area contributed by atoms with E-state index in [1.807, 2.05) is 0 Å². The van der Waals surface area contributed by atoms with Gasteiger partial charge in [-0.3, -0.25) is 9.59 Å². The summed E-state index contributed by atoms with van der Waals surface area (Å²) in [6.07, 6.45) is 1.68. The summed E-state index contributed by atoms with van der Waals surface area (Å²) >= 11 is 17.8. The largest absolute Gasteiger partial charge is 0.465 e. The summed E-state index contributed by atoms with van der Waals surface area (Å²) in [5.74, 6) is -0.968. The molecule has 0 aliphatic carbocycles. The molecule has 0 aliphatic rings. The minimum absolute atomic E-state index is 0.0339. The lowest BCUT2D eigenvalue weighted by atomic mass is 9.94. The second kappa shape index (κ2) is 8.93. The number of rotatable bonds is 7. The zero-order valence-electron chi connectivity index (χ0n) is 14.1. The number of hydrogen-bond acceptors (Lipinski definition) is 4. The first kappa shape index (κ1) is 21.1. The third-order valence-corrected chi connectivity index (χ3v) is 4.12. The Kier molecular flexibility index (Phi) is 7.84. The van der Waals surface area contributed by atoms with E-state index < -0.39 is 17.4 Å². The third kappa shape index (κ3) is 5.83. The Hall–Kier alpha value is -0.970. The van der Waals surface area contributed by atoms with Gasteiger partial charge in [-0.15, -0.1) is 0 Å². The summed E-state index contributed by atoms with van der Waals surface area (Å²) in [5.41, 5.74) is -1.48. The molecular weight excluding hydrogens is 375 g/mol. The van der Waals surface area contributed by atoms with E-state index in [1.165, 1.54) is 26.0 Å². The number of hydrogen-bond donors (Lipinski definition) is 0. The van der Waals surface area contributed by atoms with Crippen LogP contribution in [0.1, 0.15) is 40.5 Å². The fourth-order valence-electron chi connectivity index (χ4n) is 1.77. The second-order valence-corrected chi connectivity index (χ2v) is 7.64. The lowest BCUT2D eigenvalue weighted by Crippen LogP contribution is -2.38. The summed E-state index contributed by atoms with van der Waals surface area (Å²) in [6.45, 7) is 7.29. The monoisotopic (exact) mass is 394 g/mol. The van der Waals surface area contributed by atoms with Gasteiger partial charge >= 0.3 is 11.9 Å². The van der Waals surface area contributed by atoms with E-state index in [1.54, 1.807) is 0 Å². The minimum Gasteiger partial charge on any atom is -0.465 e. The van der Waals surface area contributed by atoms with Crippen LogP contribution in [0.5, 0.6) is 5.75 Å². The van der Waals surface area contributed by atoms with Crippen molar-refractivity contribution in [1.82, 2.24) is 0 Å². The Morgan fingerprint density at radius 3 is 2.12 bits per heavy atom. The van der Waals surface area contributed by atoms with E-state index in [0.29, 0.717) is 10.9 Å². The van der Waals surface area contributed by atoms with E-state index in [9.17, 15) is 9.59 Å². The quantitative estimate of drug-likeness (QED) is 0.262. The number of benzene rings is 1. The van der Waals surface area contributed by atoms with Gasteiger partial charge in [-0.25, -0.2) is 0 Å². The van der Waals surface area contributed by atoms with Crippen LogP contribution in [0.4, 0.5) is 0 Å². The minimum atomic E-state index is -1.48. The van der Waals surface area contributed by atoms with Crippen molar-refractivity contribution in [2.75, 3.05) is 6.61 Å². The van der Waals surface area contributed by atoms with Gasteiger partial charge < -0.3 is 9.47 Å². The Balaban J connectivity index is 2.73. The topological polar surface area (TPSA) is 52.6 Å². The first-order valence-electron chi connectivity index (χ1n) is 7.59. The predicted molar refractivity (Wildman–Crippen MR) is 95.9 cm³/mol. The van der Waals surface area contributed by atoms with Crippen LogP contribution in [0, 0.1) is 11.3 Å². The fourth-order valence-corrected chi connectivity index (χ4v) is 2.66. The fraction of sp³-hybridized carbons (Fsp3) is 0.529. The maximum atomic E-state index is 12.3. The number of esters is 2. The summed E-state index contributed by atoms with van der Waals surface area (Å²) in [7, 11) is 0. The van der Waals surface area contributed by atoms with Crippen LogP contribution in [0.15, 0.2) is 12.1 Å². The highest BCUT2D eigenvalue weighted by molar-refractivity contribution is 6.40. The highest BCUT2D eigenvalue weighted by Crippen LogP contribution is 2.37. The van der Waals surface area contributed by atoms with Crippen molar-refractivity contribution in [3.05, 3.63) is 27.2 Å². The molecule has 0 amide bonds. The highest BCUT2D eigenvalue weighted by Gasteiger charge is 2.40. The molecule has 4 nitrogen and oxygen atoms in total. The van der Waals surface area contributed by atoms with Crippen molar-refractivity contribution >= 4 is 46.7 Å². The van der Waals surface area contributed by atoms with E-state index in [0.717, 1.165) is 12.8 Å². The Morgan fingerprint density at radius 2 is 1.62 bits per heavy atom. The molecule has 0 aliphatic heterocycles. The van der Waals surface area contributed by atoms with Crippen LogP contribution in [-0.4, -0.2) is 18.5 Å². The van der Waals surface area contributed by atoms with E-state index in [2.05, 4.69) is 13.8 Å². The van der Waals surface area contributed by atoms with Crippen LogP contribution in [0.2, 0.25) is 15.1 Å². The maximum absolute atomic E-state index is 12.3. The number of ether oxygens (including phenoxy) is 2. The van der Waals surface area contributed by atoms with E-state index >= 15 is 0 Å². The molecule has 0 unspecified atom stereocenters. The Morgan fingerprint density at radius 1 is 1.08 bits per heavy atom. The van der Waals surface area contributed by atoms with Gasteiger partial charge in [0, 0.05) is 5.02 Å². The van der Waals surface area contributed by atoms with Gasteiger partial charge in [0.05, 0.1) is 16.7 Å². The molecule has 24 heavy (non-hydrogen) atoms. The predicted octanol–water partition coefficient (Wildman–Crippen LogP) is 5.56. The van der Waals surface area contributed by atoms with Crippen molar-refractivity contribution in [2.24, 2.45) is 11.3 Å². The molecule has 1 aromatic rings. The van der Waals surface area contributed by atoms with Crippen LogP contribution >= 0.6 is 34.8 Å². The molecule has 0 spiro atoms. The molecule has 0 radical (unpaired) electrons. The summed E-state index contributed by atoms with van der Waals surface area (Å²) < 4.78 is 10.4. The Bertz CT molecular complexity index is 589. The lowest BCUT2D eigenvalue weighted by Gasteiger charge is -2.21. The number of halogens is 3. The molecule has 134 valence electrons. The molecule has 0 heterocycles. The van der Waals surface area contributed by atoms with Gasteiger partial charge in [-0.05, 0) is 44.7 Å². The smallest absolute Gasteiger partial charge is 0.328 e. The first-order chi connectivity index (χ1) is 11.1. The standard InChI is InChI=1S/C17H21Cl3O4/c1-10(2)6-5-7-23-15(21)17(3,4)16(22)24-14-12(19)8-11(18)9-13(14)20/h8-10H,5-7H2,1-4H3. The molecule has 1 rings (SSSR count). The summed E-state index contributed by atoms with van der Waals surface area (Å²) in [4.78, 5) is 24.5. The van der Waals surface area contributed by atoms with Gasteiger partial charge in [0.1, 0.15) is 0 Å². The van der Waals surface area contributed by atoms with Crippen molar-refractivity contribution in [3.8, 4) is 5.75 Å². The van der Waals surface area contributed by atoms with Crippen molar-refractivity contribution in [1.29, 1.82) is 0 Å². The molecule has 1 aromatic carbocycles. The summed E-state index contributed by atoms with van der Waals surface area (Å²) in [6, 6.07) is 2.80. The van der Waals surface area contributed by atoms with Gasteiger partial charge in [0.2, 0.25) is 0 Å². The van der Waals surface area contributed by atoms with E-state index in [4.69, 9.17) is 44.3 Å². The number of carbonyl (C=O) groups is 2. The van der Waals surface area contributed by atoms with Gasteiger partial charge in [-0.1, -0.05) is 48.7 Å². The molecule has 0 fully saturated rings. The second-order valence-electron chi connectivity index (χ2n) is 6.39. The van der Waals surface area contributed by atoms with Crippen LogP contribution < -0.4 is 4.74 Å². The first-order valence-corrected chi connectivity index (χ1v) is 8.73. The molecule has 0 bridgehead atoms. The molecule has 0 aromatic heterocycles. The highest BCUT2D eigenvalue weighted by atomic mass is 35.5. The van der Waals surface area contributed by atoms with Gasteiger partial charge in [-0.2, -0.15) is 0 Å². The molecule has 0 N–H and O–H groups in total.